The molecule has 0 radical (unpaired) electrons. The summed E-state index contributed by atoms with van der Waals surface area (Å²) in [5.41, 5.74) is 26.7. The van der Waals surface area contributed by atoms with Gasteiger partial charge in [-0.05, 0) is 182 Å². The monoisotopic (exact) mass is 1720 g/mol. The lowest BCUT2D eigenvalue weighted by Crippen LogP contribution is -2.10. The van der Waals surface area contributed by atoms with Gasteiger partial charge in [0.05, 0.1) is 0 Å². The first kappa shape index (κ1) is 87.9. The first-order valence-corrected chi connectivity index (χ1v) is 45.2. The van der Waals surface area contributed by atoms with Crippen LogP contribution in [0.2, 0.25) is 0 Å². The smallest absolute Gasteiger partial charge is 0.168 e. The summed E-state index contributed by atoms with van der Waals surface area (Å²) < 4.78 is 8.55. The van der Waals surface area contributed by atoms with E-state index in [2.05, 4.69) is 401 Å². The molecule has 8 heterocycles. The average molecular weight is 1720 g/mol. The molecule has 12 aromatic carbocycles. The van der Waals surface area contributed by atoms with E-state index in [9.17, 15) is 0 Å². The van der Waals surface area contributed by atoms with Crippen LogP contribution >= 0.6 is 0 Å². The predicted octanol–water partition coefficient (Wildman–Crippen LogP) is 28.0. The van der Waals surface area contributed by atoms with Crippen molar-refractivity contribution in [2.24, 2.45) is 5.92 Å². The number of unbranched alkanes of at least 4 members (excludes halogenated alkanes) is 1. The molecular formula is C116H104N16. The maximum absolute atomic E-state index is 4.62. The number of hydrogen-bond donors (Lipinski definition) is 0. The Kier molecular flexibility index (Phi) is 27.8. The third-order valence-electron chi connectivity index (χ3n) is 23.5. The van der Waals surface area contributed by atoms with Gasteiger partial charge < -0.3 is 0 Å². The summed E-state index contributed by atoms with van der Waals surface area (Å²) >= 11 is 0. The number of nitrogens with zero attached hydrogens (tertiary/aromatic N) is 16. The van der Waals surface area contributed by atoms with Crippen LogP contribution in [0.25, 0.3) is 158 Å². The first-order chi connectivity index (χ1) is 64.8. The molecular weight excluding hydrogens is 1620 g/mol. The third-order valence-corrected chi connectivity index (χ3v) is 23.5. The van der Waals surface area contributed by atoms with Crippen LogP contribution < -0.4 is 0 Å². The molecule has 0 spiro atoms. The fourth-order valence-electron chi connectivity index (χ4n) is 16.1. The molecule has 1 unspecified atom stereocenters. The van der Waals surface area contributed by atoms with Crippen LogP contribution in [-0.2, 0) is 18.3 Å². The van der Waals surface area contributed by atoms with Gasteiger partial charge in [-0.2, -0.15) is 0 Å². The summed E-state index contributed by atoms with van der Waals surface area (Å²) in [5.74, 6) is 7.79. The van der Waals surface area contributed by atoms with Crippen molar-refractivity contribution in [3.63, 3.8) is 0 Å². The second kappa shape index (κ2) is 41.7. The van der Waals surface area contributed by atoms with Crippen molar-refractivity contribution in [3.8, 4) is 158 Å². The zero-order valence-electron chi connectivity index (χ0n) is 75.6. The predicted molar refractivity (Wildman–Crippen MR) is 536 cm³/mol. The molecule has 20 rings (SSSR count). The van der Waals surface area contributed by atoms with Crippen molar-refractivity contribution in [2.45, 2.75) is 98.8 Å². The van der Waals surface area contributed by atoms with E-state index in [1.54, 1.807) is 24.8 Å². The van der Waals surface area contributed by atoms with E-state index >= 15 is 0 Å². The fourth-order valence-corrected chi connectivity index (χ4v) is 16.1. The minimum absolute atomic E-state index is 0.101. The minimum atomic E-state index is 0.101. The van der Waals surface area contributed by atoms with Gasteiger partial charge in [-0.1, -0.05) is 353 Å². The second-order valence-electron chi connectivity index (χ2n) is 34.2. The van der Waals surface area contributed by atoms with E-state index in [4.69, 9.17) is 0 Å². The number of aryl methyl sites for hydroxylation is 1. The molecule has 0 bridgehead atoms. The van der Waals surface area contributed by atoms with E-state index in [-0.39, 0.29) is 5.41 Å². The fraction of sp³-hybridized carbons (Fsp3) is 0.138. The Hall–Kier alpha value is -16.2. The van der Waals surface area contributed by atoms with Gasteiger partial charge >= 0.3 is 0 Å². The molecule has 648 valence electrons. The highest BCUT2D eigenvalue weighted by atomic mass is 15.3. The summed E-state index contributed by atoms with van der Waals surface area (Å²) in [4.78, 5) is 17.0. The maximum Gasteiger partial charge on any atom is 0.168 e. The summed E-state index contributed by atoms with van der Waals surface area (Å²) in [6, 6.07) is 126. The molecule has 132 heavy (non-hydrogen) atoms. The van der Waals surface area contributed by atoms with Gasteiger partial charge in [0.1, 0.15) is 0 Å². The molecule has 0 amide bonds. The standard InChI is InChI=1S/4C29H26N4/c1-29(2,3)25-15-11-23(12-16-25)28-32-31-27(22-8-5-4-6-9-22)33(28)26-17-13-21(14-18-26)24-10-7-19-30-20-24;1-21(2)19-22-10-12-25(13-11-22)29-32-31-28(24-7-4-3-5-8-24)33(29)27-16-14-23(15-17-27)26-9-6-18-30-20-26;1-3-21(2)22-11-13-25(14-12-22)29-32-31-28(24-8-5-4-6-9-24)33(29)27-17-15-23(16-18-27)26-10-7-19-30-20-26;1-2-3-8-22-12-14-25(15-13-22)29-32-31-28(24-9-5-4-6-10-24)33(29)27-18-16-23(17-19-27)26-11-7-20-30-21-26/h4-20H,1-3H3;3-18,20-21H,19H2,1-2H3;4-21H,3H2,1-2H3;4-7,9-21H,2-3,8H2,1H3. The zero-order chi connectivity index (χ0) is 90.5. The normalized spacial score (nSPS) is 11.4. The molecule has 0 aliphatic carbocycles. The SMILES string of the molecule is CC(C)(C)c1ccc(-c2nnc(-c3ccccc3)n2-c2ccc(-c3cccnc3)cc2)cc1.CC(C)Cc1ccc(-c2nnc(-c3ccccc3)n2-c2ccc(-c3cccnc3)cc2)cc1.CCC(C)c1ccc(-c2nnc(-c3ccccc3)n2-c2ccc(-c3cccnc3)cc2)cc1.CCCCc1ccc(-c2nnc(-c3ccccc3)n2-c2ccc(-c3cccnc3)cc2)cc1. The lowest BCUT2D eigenvalue weighted by atomic mass is 9.86. The lowest BCUT2D eigenvalue weighted by Gasteiger charge is -2.19. The van der Waals surface area contributed by atoms with Crippen LogP contribution in [0.5, 0.6) is 0 Å². The topological polar surface area (TPSA) is 174 Å². The van der Waals surface area contributed by atoms with Gasteiger partial charge in [0, 0.05) is 117 Å². The second-order valence-corrected chi connectivity index (χ2v) is 34.2. The molecule has 20 aromatic rings. The van der Waals surface area contributed by atoms with Gasteiger partial charge in [-0.15, -0.1) is 40.8 Å². The largest absolute Gasteiger partial charge is 0.275 e. The Morgan fingerprint density at radius 2 is 0.477 bits per heavy atom. The van der Waals surface area contributed by atoms with Crippen molar-refractivity contribution in [2.75, 3.05) is 0 Å². The van der Waals surface area contributed by atoms with Crippen LogP contribution in [0, 0.1) is 5.92 Å². The number of aromatic nitrogens is 16. The van der Waals surface area contributed by atoms with E-state index in [1.807, 2.05) is 122 Å². The Bertz CT molecular complexity index is 7010. The van der Waals surface area contributed by atoms with E-state index in [0.717, 1.165) is 178 Å². The lowest BCUT2D eigenvalue weighted by molar-refractivity contribution is 0.590. The highest BCUT2D eigenvalue weighted by molar-refractivity contribution is 5.76. The summed E-state index contributed by atoms with van der Waals surface area (Å²) in [7, 11) is 0. The van der Waals surface area contributed by atoms with Gasteiger partial charge in [0.2, 0.25) is 0 Å². The molecule has 8 aromatic heterocycles. The van der Waals surface area contributed by atoms with E-state index in [0.29, 0.717) is 11.8 Å². The Morgan fingerprint density at radius 3 is 0.712 bits per heavy atom. The molecule has 0 N–H and O–H groups in total. The van der Waals surface area contributed by atoms with Crippen molar-refractivity contribution in [3.05, 3.63) is 436 Å². The number of benzene rings is 12. The molecule has 0 saturated carbocycles. The molecule has 1 atom stereocenters. The van der Waals surface area contributed by atoms with Gasteiger partial charge in [0.15, 0.2) is 46.6 Å². The molecule has 16 nitrogen and oxygen atoms in total. The molecule has 0 aliphatic rings. The molecule has 0 saturated heterocycles. The average Bonchev–Trinajstić information content (AvgIpc) is 1.63. The number of pyridine rings is 4. The highest BCUT2D eigenvalue weighted by Gasteiger charge is 2.24. The van der Waals surface area contributed by atoms with Crippen LogP contribution in [-0.4, -0.2) is 79.0 Å². The number of rotatable bonds is 23. The Morgan fingerprint density at radius 1 is 0.242 bits per heavy atom. The van der Waals surface area contributed by atoms with Gasteiger partial charge in [-0.25, -0.2) is 0 Å². The van der Waals surface area contributed by atoms with Crippen molar-refractivity contribution < 1.29 is 0 Å². The Labute approximate surface area is 773 Å². The van der Waals surface area contributed by atoms with Crippen molar-refractivity contribution in [1.29, 1.82) is 0 Å². The molecule has 0 aliphatic heterocycles. The van der Waals surface area contributed by atoms with Crippen LogP contribution in [0.4, 0.5) is 0 Å². The molecule has 16 heteroatoms. The maximum atomic E-state index is 4.62. The summed E-state index contributed by atoms with van der Waals surface area (Å²) in [5, 5.41) is 36.8. The highest BCUT2D eigenvalue weighted by Crippen LogP contribution is 2.38. The number of hydrogen-bond acceptors (Lipinski definition) is 12. The van der Waals surface area contributed by atoms with Crippen molar-refractivity contribution in [1.82, 2.24) is 79.0 Å². The van der Waals surface area contributed by atoms with Crippen LogP contribution in [0.3, 0.4) is 0 Å². The van der Waals surface area contributed by atoms with E-state index in [1.165, 1.54) is 35.1 Å². The summed E-state index contributed by atoms with van der Waals surface area (Å²) in [6.45, 7) is 17.9. The third kappa shape index (κ3) is 20.8. The van der Waals surface area contributed by atoms with Crippen molar-refractivity contribution >= 4 is 0 Å². The van der Waals surface area contributed by atoms with E-state index < -0.39 is 0 Å². The zero-order valence-corrected chi connectivity index (χ0v) is 75.6. The van der Waals surface area contributed by atoms with Gasteiger partial charge in [-0.3, -0.25) is 38.2 Å². The first-order valence-electron chi connectivity index (χ1n) is 45.2. The molecule has 0 fully saturated rings. The van der Waals surface area contributed by atoms with Gasteiger partial charge in [0.25, 0.3) is 0 Å². The summed E-state index contributed by atoms with van der Waals surface area (Å²) in [6.07, 6.45) is 20.4. The minimum Gasteiger partial charge on any atom is -0.275 e. The quantitative estimate of drug-likeness (QED) is 0.0594. The van der Waals surface area contributed by atoms with Crippen LogP contribution in [0.1, 0.15) is 103 Å². The van der Waals surface area contributed by atoms with Crippen LogP contribution in [0.15, 0.2) is 414 Å². The Balaban J connectivity index is 0.000000123.